The molecule has 0 radical (unpaired) electrons. The standard InChI is InChI=1S/C16H18N8O/c1-9-18-6-11(13(22-9)10-2-3-10)23-12(25)4-5-24-8-21-14-15(17)19-7-20-16(14)24/h6-8,10H,2-5H2,1H3,(H,23,25)(H2,17,19,20). The Bertz CT molecular complexity index is 946. The van der Waals surface area contributed by atoms with Crippen LogP contribution in [-0.4, -0.2) is 35.4 Å². The lowest BCUT2D eigenvalue weighted by Gasteiger charge is -2.10. The fourth-order valence-electron chi connectivity index (χ4n) is 2.75. The molecule has 1 fully saturated rings. The summed E-state index contributed by atoms with van der Waals surface area (Å²) in [5, 5.41) is 2.93. The van der Waals surface area contributed by atoms with E-state index in [1.54, 1.807) is 17.1 Å². The minimum atomic E-state index is -0.0989. The molecule has 3 N–H and O–H groups in total. The number of imidazole rings is 1. The van der Waals surface area contributed by atoms with Gasteiger partial charge in [-0.05, 0) is 19.8 Å². The summed E-state index contributed by atoms with van der Waals surface area (Å²) >= 11 is 0. The Morgan fingerprint density at radius 1 is 1.32 bits per heavy atom. The van der Waals surface area contributed by atoms with Gasteiger partial charge in [0.25, 0.3) is 0 Å². The first-order chi connectivity index (χ1) is 12.1. The lowest BCUT2D eigenvalue weighted by molar-refractivity contribution is -0.116. The van der Waals surface area contributed by atoms with E-state index in [9.17, 15) is 4.79 Å². The molecule has 0 bridgehead atoms. The Balaban J connectivity index is 1.45. The number of rotatable bonds is 5. The van der Waals surface area contributed by atoms with Crippen LogP contribution >= 0.6 is 0 Å². The van der Waals surface area contributed by atoms with Gasteiger partial charge in [0.1, 0.15) is 17.7 Å². The van der Waals surface area contributed by atoms with Crippen LogP contribution in [0.1, 0.15) is 36.7 Å². The molecule has 1 amide bonds. The number of anilines is 2. The first kappa shape index (κ1) is 15.4. The van der Waals surface area contributed by atoms with Crippen molar-refractivity contribution < 1.29 is 4.79 Å². The molecule has 0 unspecified atom stereocenters. The van der Waals surface area contributed by atoms with Crippen LogP contribution in [0.2, 0.25) is 0 Å². The third-order valence-corrected chi connectivity index (χ3v) is 4.19. The second-order valence-electron chi connectivity index (χ2n) is 6.16. The van der Waals surface area contributed by atoms with Crippen molar-refractivity contribution in [3.05, 3.63) is 30.4 Å². The van der Waals surface area contributed by atoms with Crippen LogP contribution < -0.4 is 11.1 Å². The number of fused-ring (bicyclic) bond motifs is 1. The van der Waals surface area contributed by atoms with Gasteiger partial charge in [0.15, 0.2) is 11.5 Å². The predicted molar refractivity (Wildman–Crippen MR) is 91.7 cm³/mol. The zero-order chi connectivity index (χ0) is 17.4. The van der Waals surface area contributed by atoms with E-state index < -0.39 is 0 Å². The van der Waals surface area contributed by atoms with Gasteiger partial charge in [-0.1, -0.05) is 0 Å². The van der Waals surface area contributed by atoms with Gasteiger partial charge in [0.05, 0.1) is 23.9 Å². The summed E-state index contributed by atoms with van der Waals surface area (Å²) in [5.41, 5.74) is 8.59. The highest BCUT2D eigenvalue weighted by Crippen LogP contribution is 2.42. The quantitative estimate of drug-likeness (QED) is 0.720. The van der Waals surface area contributed by atoms with Gasteiger partial charge < -0.3 is 15.6 Å². The Morgan fingerprint density at radius 3 is 2.96 bits per heavy atom. The van der Waals surface area contributed by atoms with Crippen molar-refractivity contribution in [1.29, 1.82) is 0 Å². The Kier molecular flexibility index (Phi) is 3.75. The van der Waals surface area contributed by atoms with Gasteiger partial charge >= 0.3 is 0 Å². The van der Waals surface area contributed by atoms with Gasteiger partial charge in [-0.25, -0.2) is 24.9 Å². The average Bonchev–Trinajstić information content (AvgIpc) is 3.35. The summed E-state index contributed by atoms with van der Waals surface area (Å²) in [4.78, 5) is 33.3. The third-order valence-electron chi connectivity index (χ3n) is 4.19. The summed E-state index contributed by atoms with van der Waals surface area (Å²) in [6.07, 6.45) is 7.21. The molecule has 3 aromatic heterocycles. The van der Waals surface area contributed by atoms with Crippen molar-refractivity contribution >= 4 is 28.6 Å². The van der Waals surface area contributed by atoms with E-state index in [-0.39, 0.29) is 12.3 Å². The van der Waals surface area contributed by atoms with Crippen LogP contribution in [-0.2, 0) is 11.3 Å². The molecule has 0 aliphatic heterocycles. The van der Waals surface area contributed by atoms with E-state index in [2.05, 4.69) is 30.2 Å². The summed E-state index contributed by atoms with van der Waals surface area (Å²) < 4.78 is 1.79. The second-order valence-corrected chi connectivity index (χ2v) is 6.16. The number of carbonyl (C=O) groups excluding carboxylic acids is 1. The lowest BCUT2D eigenvalue weighted by atomic mass is 10.2. The fourth-order valence-corrected chi connectivity index (χ4v) is 2.75. The Labute approximate surface area is 143 Å². The van der Waals surface area contributed by atoms with E-state index in [0.717, 1.165) is 24.4 Å². The third kappa shape index (κ3) is 3.12. The molecule has 4 rings (SSSR count). The van der Waals surface area contributed by atoms with Crippen LogP contribution in [0.3, 0.4) is 0 Å². The summed E-state index contributed by atoms with van der Waals surface area (Å²) in [7, 11) is 0. The number of nitrogens with one attached hydrogen (secondary N) is 1. The number of aromatic nitrogens is 6. The number of hydrogen-bond acceptors (Lipinski definition) is 7. The molecular formula is C16H18N8O. The molecule has 9 nitrogen and oxygen atoms in total. The van der Waals surface area contributed by atoms with Crippen molar-refractivity contribution in [3.8, 4) is 0 Å². The van der Waals surface area contributed by atoms with Crippen LogP contribution in [0.4, 0.5) is 11.5 Å². The van der Waals surface area contributed by atoms with Crippen molar-refractivity contribution in [2.75, 3.05) is 11.1 Å². The molecule has 0 aromatic carbocycles. The maximum absolute atomic E-state index is 12.3. The van der Waals surface area contributed by atoms with Gasteiger partial charge in [0.2, 0.25) is 5.91 Å². The molecule has 0 spiro atoms. The number of nitrogens with zero attached hydrogens (tertiary/aromatic N) is 6. The smallest absolute Gasteiger partial charge is 0.226 e. The number of hydrogen-bond donors (Lipinski definition) is 2. The largest absolute Gasteiger partial charge is 0.382 e. The van der Waals surface area contributed by atoms with Gasteiger partial charge in [-0.3, -0.25) is 4.79 Å². The van der Waals surface area contributed by atoms with E-state index in [0.29, 0.717) is 35.1 Å². The maximum atomic E-state index is 12.3. The molecule has 1 aliphatic rings. The summed E-state index contributed by atoms with van der Waals surface area (Å²) in [6, 6.07) is 0. The molecule has 9 heteroatoms. The minimum Gasteiger partial charge on any atom is -0.382 e. The molecule has 128 valence electrons. The highest BCUT2D eigenvalue weighted by molar-refractivity contribution is 5.91. The highest BCUT2D eigenvalue weighted by Gasteiger charge is 2.28. The number of carbonyl (C=O) groups is 1. The highest BCUT2D eigenvalue weighted by atomic mass is 16.1. The first-order valence-electron chi connectivity index (χ1n) is 8.16. The SMILES string of the molecule is Cc1ncc(NC(=O)CCn2cnc3c(N)ncnc32)c(C2CC2)n1. The van der Waals surface area contributed by atoms with Gasteiger partial charge in [0, 0.05) is 18.9 Å². The molecule has 3 aromatic rings. The molecule has 1 saturated carbocycles. The van der Waals surface area contributed by atoms with Crippen molar-refractivity contribution in [1.82, 2.24) is 29.5 Å². The molecular weight excluding hydrogens is 320 g/mol. The number of nitrogens with two attached hydrogens (primary N) is 1. The zero-order valence-corrected chi connectivity index (χ0v) is 13.8. The molecule has 3 heterocycles. The van der Waals surface area contributed by atoms with Crippen LogP contribution in [0.5, 0.6) is 0 Å². The number of nitrogen functional groups attached to an aromatic ring is 1. The second kappa shape index (κ2) is 6.08. The minimum absolute atomic E-state index is 0.0989. The maximum Gasteiger partial charge on any atom is 0.226 e. The molecule has 0 atom stereocenters. The molecule has 0 saturated heterocycles. The number of amides is 1. The average molecular weight is 338 g/mol. The van der Waals surface area contributed by atoms with Crippen LogP contribution in [0.25, 0.3) is 11.2 Å². The first-order valence-corrected chi connectivity index (χ1v) is 8.16. The molecule has 25 heavy (non-hydrogen) atoms. The zero-order valence-electron chi connectivity index (χ0n) is 13.8. The monoisotopic (exact) mass is 338 g/mol. The van der Waals surface area contributed by atoms with Crippen molar-refractivity contribution in [2.24, 2.45) is 0 Å². The van der Waals surface area contributed by atoms with E-state index in [1.165, 1.54) is 6.33 Å². The van der Waals surface area contributed by atoms with Gasteiger partial charge in [-0.15, -0.1) is 0 Å². The Morgan fingerprint density at radius 2 is 2.16 bits per heavy atom. The topological polar surface area (TPSA) is 124 Å². The van der Waals surface area contributed by atoms with Crippen molar-refractivity contribution in [3.63, 3.8) is 0 Å². The summed E-state index contributed by atoms with van der Waals surface area (Å²) in [5.74, 6) is 1.40. The van der Waals surface area contributed by atoms with E-state index >= 15 is 0 Å². The van der Waals surface area contributed by atoms with Crippen LogP contribution in [0, 0.1) is 6.92 Å². The van der Waals surface area contributed by atoms with Crippen molar-refractivity contribution in [2.45, 2.75) is 38.6 Å². The van der Waals surface area contributed by atoms with E-state index in [1.807, 2.05) is 6.92 Å². The lowest BCUT2D eigenvalue weighted by Crippen LogP contribution is -2.16. The fraction of sp³-hybridized carbons (Fsp3) is 0.375. The number of aryl methyl sites for hydroxylation is 2. The Hall–Kier alpha value is -3.10. The normalized spacial score (nSPS) is 14.0. The van der Waals surface area contributed by atoms with E-state index in [4.69, 9.17) is 5.73 Å². The molecule has 1 aliphatic carbocycles. The predicted octanol–water partition coefficient (Wildman–Crippen LogP) is 1.41. The van der Waals surface area contributed by atoms with Gasteiger partial charge in [-0.2, -0.15) is 0 Å². The summed E-state index contributed by atoms with van der Waals surface area (Å²) in [6.45, 7) is 2.31. The van der Waals surface area contributed by atoms with Crippen LogP contribution in [0.15, 0.2) is 18.9 Å².